The first-order chi connectivity index (χ1) is 10.2. The van der Waals surface area contributed by atoms with Crippen molar-refractivity contribution in [3.63, 3.8) is 0 Å². The summed E-state index contributed by atoms with van der Waals surface area (Å²) in [6.45, 7) is 4.27. The van der Waals surface area contributed by atoms with Crippen LogP contribution in [-0.2, 0) is 11.2 Å². The molecule has 2 aromatic rings. The van der Waals surface area contributed by atoms with Gasteiger partial charge in [-0.1, -0.05) is 24.3 Å². The number of carbonyl (C=O) groups excluding carboxylic acids is 1. The van der Waals surface area contributed by atoms with Crippen LogP contribution in [0, 0.1) is 0 Å². The van der Waals surface area contributed by atoms with Crippen molar-refractivity contribution in [3.8, 4) is 0 Å². The van der Waals surface area contributed by atoms with Crippen molar-refractivity contribution >= 4 is 6.09 Å². The predicted octanol–water partition coefficient (Wildman–Crippen LogP) is 2.87. The summed E-state index contributed by atoms with van der Waals surface area (Å²) < 4.78 is 5.37. The molecule has 1 N–H and O–H groups in total. The summed E-state index contributed by atoms with van der Waals surface area (Å²) in [4.78, 5) is 19.9. The Hall–Kier alpha value is -2.43. The maximum absolute atomic E-state index is 11.5. The summed E-state index contributed by atoms with van der Waals surface area (Å²) >= 11 is 0. The zero-order valence-electron chi connectivity index (χ0n) is 12.2. The topological polar surface area (TPSA) is 64.1 Å². The Labute approximate surface area is 124 Å². The molecule has 0 aliphatic rings. The number of hydrogen-bond donors (Lipinski definition) is 1. The summed E-state index contributed by atoms with van der Waals surface area (Å²) in [5, 5.41) is 2.63. The normalized spacial score (nSPS) is 11.7. The summed E-state index contributed by atoms with van der Waals surface area (Å²) in [5.74, 6) is 0. The van der Waals surface area contributed by atoms with Crippen LogP contribution in [0.15, 0.2) is 42.9 Å². The van der Waals surface area contributed by atoms with Gasteiger partial charge in [0.25, 0.3) is 0 Å². The van der Waals surface area contributed by atoms with E-state index >= 15 is 0 Å². The van der Waals surface area contributed by atoms with Crippen LogP contribution in [0.3, 0.4) is 0 Å². The minimum atomic E-state index is -0.403. The van der Waals surface area contributed by atoms with E-state index in [-0.39, 0.29) is 6.10 Å². The van der Waals surface area contributed by atoms with E-state index in [1.807, 2.05) is 38.1 Å². The number of carbonyl (C=O) groups is 1. The molecule has 5 heteroatoms. The molecule has 0 saturated carbocycles. The molecule has 0 bridgehead atoms. The van der Waals surface area contributed by atoms with Gasteiger partial charge in [-0.3, -0.25) is 9.97 Å². The molecule has 0 aliphatic carbocycles. The van der Waals surface area contributed by atoms with Crippen molar-refractivity contribution in [2.45, 2.75) is 26.4 Å². The summed E-state index contributed by atoms with van der Waals surface area (Å²) in [6.07, 6.45) is 5.01. The van der Waals surface area contributed by atoms with Gasteiger partial charge in [-0.05, 0) is 25.0 Å². The number of rotatable bonds is 5. The lowest BCUT2D eigenvalue weighted by Crippen LogP contribution is -2.25. The Morgan fingerprint density at radius 2 is 2.14 bits per heavy atom. The largest absolute Gasteiger partial charge is 0.442 e. The Balaban J connectivity index is 2.14. The van der Waals surface area contributed by atoms with Crippen LogP contribution in [0.25, 0.3) is 0 Å². The Morgan fingerprint density at radius 1 is 1.33 bits per heavy atom. The van der Waals surface area contributed by atoms with Gasteiger partial charge in [-0.2, -0.15) is 0 Å². The van der Waals surface area contributed by atoms with Crippen molar-refractivity contribution in [1.29, 1.82) is 0 Å². The smallest absolute Gasteiger partial charge is 0.407 e. The quantitative estimate of drug-likeness (QED) is 0.917. The summed E-state index contributed by atoms with van der Waals surface area (Å²) in [6, 6.07) is 7.89. The minimum absolute atomic E-state index is 0.315. The molecule has 21 heavy (non-hydrogen) atoms. The number of nitrogens with one attached hydrogen (secondary N) is 1. The number of aromatic nitrogens is 2. The van der Waals surface area contributed by atoms with Gasteiger partial charge in [-0.25, -0.2) is 4.79 Å². The van der Waals surface area contributed by atoms with Gasteiger partial charge in [0.2, 0.25) is 0 Å². The molecule has 0 saturated heterocycles. The van der Waals surface area contributed by atoms with Gasteiger partial charge < -0.3 is 10.1 Å². The molecule has 0 spiro atoms. The molecular weight excluding hydrogens is 266 g/mol. The van der Waals surface area contributed by atoms with Crippen molar-refractivity contribution in [2.75, 3.05) is 6.54 Å². The maximum atomic E-state index is 11.5. The number of alkyl carbamates (subject to hydrolysis) is 1. The molecule has 1 aromatic carbocycles. The number of amides is 1. The van der Waals surface area contributed by atoms with Crippen LogP contribution in [0.4, 0.5) is 4.79 Å². The third kappa shape index (κ3) is 4.27. The first kappa shape index (κ1) is 15.0. The van der Waals surface area contributed by atoms with Gasteiger partial charge in [0.15, 0.2) is 0 Å². The molecular formula is C16H19N3O2. The lowest BCUT2D eigenvalue weighted by atomic mass is 9.99. The summed E-state index contributed by atoms with van der Waals surface area (Å²) in [7, 11) is 0. The zero-order chi connectivity index (χ0) is 15.1. The first-order valence-corrected chi connectivity index (χ1v) is 6.98. The highest BCUT2D eigenvalue weighted by Crippen LogP contribution is 2.23. The average molecular weight is 285 g/mol. The van der Waals surface area contributed by atoms with Gasteiger partial charge in [-0.15, -0.1) is 0 Å². The van der Waals surface area contributed by atoms with Gasteiger partial charge >= 0.3 is 6.09 Å². The third-order valence-electron chi connectivity index (χ3n) is 3.09. The van der Waals surface area contributed by atoms with Crippen LogP contribution in [0.1, 0.15) is 36.8 Å². The molecule has 0 radical (unpaired) electrons. The molecule has 0 aliphatic heterocycles. The van der Waals surface area contributed by atoms with Crippen molar-refractivity contribution in [1.82, 2.24) is 15.3 Å². The molecule has 1 atom stereocenters. The Bertz CT molecular complexity index is 587. The van der Waals surface area contributed by atoms with Crippen LogP contribution < -0.4 is 5.32 Å². The average Bonchev–Trinajstić information content (AvgIpc) is 2.49. The van der Waals surface area contributed by atoms with Crippen LogP contribution in [0.5, 0.6) is 0 Å². The highest BCUT2D eigenvalue weighted by Gasteiger charge is 2.14. The first-order valence-electron chi connectivity index (χ1n) is 6.98. The van der Waals surface area contributed by atoms with Crippen LogP contribution in [-0.4, -0.2) is 22.6 Å². The monoisotopic (exact) mass is 285 g/mol. The third-order valence-corrected chi connectivity index (χ3v) is 3.09. The van der Waals surface area contributed by atoms with E-state index < -0.39 is 6.09 Å². The molecule has 1 unspecified atom stereocenters. The van der Waals surface area contributed by atoms with Crippen LogP contribution in [0.2, 0.25) is 0 Å². The fourth-order valence-corrected chi connectivity index (χ4v) is 2.12. The number of ether oxygens (including phenoxy) is 1. The van der Waals surface area contributed by atoms with Gasteiger partial charge in [0, 0.05) is 31.6 Å². The maximum Gasteiger partial charge on any atom is 0.407 e. The second kappa shape index (κ2) is 7.38. The van der Waals surface area contributed by atoms with Crippen molar-refractivity contribution in [3.05, 3.63) is 59.7 Å². The lowest BCUT2D eigenvalue weighted by Gasteiger charge is -2.17. The SMILES string of the molecule is CCNC(=O)OC(C)c1ccccc1Cc1cnccn1. The molecule has 2 rings (SSSR count). The van der Waals surface area contributed by atoms with Gasteiger partial charge in [0.1, 0.15) is 6.10 Å². The second-order valence-corrected chi connectivity index (χ2v) is 4.65. The van der Waals surface area contributed by atoms with E-state index in [9.17, 15) is 4.79 Å². The molecule has 1 aromatic heterocycles. The zero-order valence-corrected chi connectivity index (χ0v) is 12.2. The highest BCUT2D eigenvalue weighted by atomic mass is 16.6. The molecule has 5 nitrogen and oxygen atoms in total. The Kier molecular flexibility index (Phi) is 5.26. The van der Waals surface area contributed by atoms with Crippen molar-refractivity contribution in [2.24, 2.45) is 0 Å². The number of benzene rings is 1. The van der Waals surface area contributed by atoms with Gasteiger partial charge in [0.05, 0.1) is 5.69 Å². The highest BCUT2D eigenvalue weighted by molar-refractivity contribution is 5.67. The summed E-state index contributed by atoms with van der Waals surface area (Å²) in [5.41, 5.74) is 2.94. The molecule has 110 valence electrons. The number of nitrogens with zero attached hydrogens (tertiary/aromatic N) is 2. The molecule has 1 heterocycles. The van der Waals surface area contributed by atoms with E-state index in [0.717, 1.165) is 16.8 Å². The van der Waals surface area contributed by atoms with E-state index in [0.29, 0.717) is 13.0 Å². The fourth-order valence-electron chi connectivity index (χ4n) is 2.12. The predicted molar refractivity (Wildman–Crippen MR) is 79.9 cm³/mol. The molecule has 0 fully saturated rings. The standard InChI is InChI=1S/C16H19N3O2/c1-3-18-16(20)21-12(2)15-7-5-4-6-13(15)10-14-11-17-8-9-19-14/h4-9,11-12H,3,10H2,1-2H3,(H,18,20). The fraction of sp³-hybridized carbons (Fsp3) is 0.312. The van der Waals surface area contributed by atoms with Crippen LogP contribution >= 0.6 is 0 Å². The number of hydrogen-bond acceptors (Lipinski definition) is 4. The van der Waals surface area contributed by atoms with E-state index in [2.05, 4.69) is 15.3 Å². The Morgan fingerprint density at radius 3 is 2.86 bits per heavy atom. The van der Waals surface area contributed by atoms with E-state index in [1.165, 1.54) is 0 Å². The van der Waals surface area contributed by atoms with E-state index in [1.54, 1.807) is 18.6 Å². The second-order valence-electron chi connectivity index (χ2n) is 4.65. The minimum Gasteiger partial charge on any atom is -0.442 e. The van der Waals surface area contributed by atoms with E-state index in [4.69, 9.17) is 4.74 Å². The lowest BCUT2D eigenvalue weighted by molar-refractivity contribution is 0.107. The molecule has 1 amide bonds. The van der Waals surface area contributed by atoms with Crippen molar-refractivity contribution < 1.29 is 9.53 Å².